The van der Waals surface area contributed by atoms with Gasteiger partial charge in [-0.25, -0.2) is 0 Å². The van der Waals surface area contributed by atoms with E-state index >= 15 is 0 Å². The molecule has 0 aromatic heterocycles. The smallest absolute Gasteiger partial charge is 0.308 e. The van der Waals surface area contributed by atoms with E-state index < -0.39 is 11.9 Å². The fraction of sp³-hybridized carbons (Fsp3) is 0.778. The lowest BCUT2D eigenvalue weighted by atomic mass is 9.84. The van der Waals surface area contributed by atoms with Gasteiger partial charge in [-0.2, -0.15) is 0 Å². The molecule has 1 saturated carbocycles. The monoisotopic (exact) mass is 185 g/mol. The van der Waals surface area contributed by atoms with Gasteiger partial charge in [0.2, 0.25) is 5.91 Å². The first kappa shape index (κ1) is 10.0. The molecule has 0 heterocycles. The van der Waals surface area contributed by atoms with E-state index in [1.807, 2.05) is 0 Å². The van der Waals surface area contributed by atoms with Crippen LogP contribution in [0.4, 0.5) is 0 Å². The molecule has 2 N–H and O–H groups in total. The predicted molar refractivity (Wildman–Crippen MR) is 47.2 cm³/mol. The Hall–Kier alpha value is -1.06. The topological polar surface area (TPSA) is 66.4 Å². The molecule has 2 atom stereocenters. The molecule has 1 aliphatic carbocycles. The standard InChI is InChI=1S/C9H15NO3/c1-6(11)10-8-5-3-2-4-7(8)9(12)13/h7-8H,2-5H2,1H3,(H,10,11)(H,12,13). The lowest BCUT2D eigenvalue weighted by Crippen LogP contribution is -2.44. The lowest BCUT2D eigenvalue weighted by Gasteiger charge is -2.28. The summed E-state index contributed by atoms with van der Waals surface area (Å²) in [5.41, 5.74) is 0. The SMILES string of the molecule is CC(=O)NC1CCCCC1C(=O)O. The Labute approximate surface area is 77.3 Å². The van der Waals surface area contributed by atoms with E-state index in [0.717, 1.165) is 19.3 Å². The maximum absolute atomic E-state index is 10.8. The van der Waals surface area contributed by atoms with Crippen LogP contribution in [0.1, 0.15) is 32.6 Å². The number of nitrogens with one attached hydrogen (secondary N) is 1. The lowest BCUT2D eigenvalue weighted by molar-refractivity contribution is -0.144. The highest BCUT2D eigenvalue weighted by Gasteiger charge is 2.30. The predicted octanol–water partition coefficient (Wildman–Crippen LogP) is 0.766. The number of rotatable bonds is 2. The summed E-state index contributed by atoms with van der Waals surface area (Å²) in [6, 6.07) is -0.163. The van der Waals surface area contributed by atoms with Crippen molar-refractivity contribution in [1.29, 1.82) is 0 Å². The van der Waals surface area contributed by atoms with Crippen molar-refractivity contribution in [2.75, 3.05) is 0 Å². The molecule has 0 aromatic carbocycles. The first-order valence-electron chi connectivity index (χ1n) is 4.61. The molecule has 0 saturated heterocycles. The zero-order valence-corrected chi connectivity index (χ0v) is 7.75. The maximum atomic E-state index is 10.8. The molecule has 0 aliphatic heterocycles. The van der Waals surface area contributed by atoms with Crippen LogP contribution in [0.2, 0.25) is 0 Å². The molecule has 1 fully saturated rings. The second kappa shape index (κ2) is 4.25. The molecule has 2 unspecified atom stereocenters. The van der Waals surface area contributed by atoms with Crippen molar-refractivity contribution in [2.45, 2.75) is 38.6 Å². The summed E-state index contributed by atoms with van der Waals surface area (Å²) in [6.45, 7) is 1.42. The Balaban J connectivity index is 2.56. The third-order valence-electron chi connectivity index (χ3n) is 2.47. The van der Waals surface area contributed by atoms with E-state index in [2.05, 4.69) is 5.32 Å². The van der Waals surface area contributed by atoms with E-state index in [4.69, 9.17) is 5.11 Å². The second-order valence-corrected chi connectivity index (χ2v) is 3.54. The fourth-order valence-electron chi connectivity index (χ4n) is 1.86. The summed E-state index contributed by atoms with van der Waals surface area (Å²) in [5, 5.41) is 11.6. The van der Waals surface area contributed by atoms with Crippen LogP contribution in [0, 0.1) is 5.92 Å². The van der Waals surface area contributed by atoms with Crippen LogP contribution in [0.3, 0.4) is 0 Å². The van der Waals surface area contributed by atoms with Gasteiger partial charge in [0.25, 0.3) is 0 Å². The molecule has 0 aromatic rings. The number of carboxylic acids is 1. The Morgan fingerprint density at radius 1 is 1.31 bits per heavy atom. The third-order valence-corrected chi connectivity index (χ3v) is 2.47. The number of carbonyl (C=O) groups is 2. The zero-order valence-electron chi connectivity index (χ0n) is 7.75. The summed E-state index contributed by atoms with van der Waals surface area (Å²) in [4.78, 5) is 21.6. The molecule has 4 nitrogen and oxygen atoms in total. The molecule has 0 radical (unpaired) electrons. The highest BCUT2D eigenvalue weighted by molar-refractivity contribution is 5.76. The molecule has 4 heteroatoms. The van der Waals surface area contributed by atoms with Crippen molar-refractivity contribution in [3.8, 4) is 0 Å². The Morgan fingerprint density at radius 3 is 2.46 bits per heavy atom. The van der Waals surface area contributed by atoms with E-state index in [1.165, 1.54) is 6.92 Å². The van der Waals surface area contributed by atoms with E-state index in [-0.39, 0.29) is 11.9 Å². The number of carboxylic acid groups (broad SMARTS) is 1. The van der Waals surface area contributed by atoms with Crippen LogP contribution >= 0.6 is 0 Å². The number of aliphatic carboxylic acids is 1. The number of carbonyl (C=O) groups excluding carboxylic acids is 1. The average molecular weight is 185 g/mol. The minimum absolute atomic E-state index is 0.141. The highest BCUT2D eigenvalue weighted by Crippen LogP contribution is 2.24. The van der Waals surface area contributed by atoms with E-state index in [1.54, 1.807) is 0 Å². The van der Waals surface area contributed by atoms with Gasteiger partial charge in [0.15, 0.2) is 0 Å². The van der Waals surface area contributed by atoms with Gasteiger partial charge in [-0.1, -0.05) is 12.8 Å². The number of amides is 1. The van der Waals surface area contributed by atoms with Crippen molar-refractivity contribution in [2.24, 2.45) is 5.92 Å². The minimum atomic E-state index is -0.793. The molecular weight excluding hydrogens is 170 g/mol. The quantitative estimate of drug-likeness (QED) is 0.667. The van der Waals surface area contributed by atoms with Crippen LogP contribution in [0.5, 0.6) is 0 Å². The van der Waals surface area contributed by atoms with Crippen molar-refractivity contribution < 1.29 is 14.7 Å². The molecule has 74 valence electrons. The van der Waals surface area contributed by atoms with E-state index in [0.29, 0.717) is 6.42 Å². The highest BCUT2D eigenvalue weighted by atomic mass is 16.4. The third kappa shape index (κ3) is 2.72. The first-order valence-corrected chi connectivity index (χ1v) is 4.61. The zero-order chi connectivity index (χ0) is 9.84. The summed E-state index contributed by atoms with van der Waals surface area (Å²) in [6.07, 6.45) is 3.43. The molecule has 1 aliphatic rings. The largest absolute Gasteiger partial charge is 0.481 e. The van der Waals surface area contributed by atoms with Crippen LogP contribution in [0.15, 0.2) is 0 Å². The van der Waals surface area contributed by atoms with Crippen LogP contribution in [-0.4, -0.2) is 23.0 Å². The van der Waals surface area contributed by atoms with Gasteiger partial charge >= 0.3 is 5.97 Å². The normalized spacial score (nSPS) is 28.1. The second-order valence-electron chi connectivity index (χ2n) is 3.54. The van der Waals surface area contributed by atoms with Crippen LogP contribution in [-0.2, 0) is 9.59 Å². The van der Waals surface area contributed by atoms with Gasteiger partial charge in [0.05, 0.1) is 5.92 Å². The first-order chi connectivity index (χ1) is 6.11. The van der Waals surface area contributed by atoms with Crippen LogP contribution < -0.4 is 5.32 Å². The van der Waals surface area contributed by atoms with Crippen molar-refractivity contribution in [1.82, 2.24) is 5.32 Å². The molecular formula is C9H15NO3. The van der Waals surface area contributed by atoms with Gasteiger partial charge in [0, 0.05) is 13.0 Å². The Kier molecular flexibility index (Phi) is 3.28. The molecule has 0 spiro atoms. The minimum Gasteiger partial charge on any atom is -0.481 e. The molecule has 0 bridgehead atoms. The summed E-state index contributed by atoms with van der Waals surface area (Å²) in [5.74, 6) is -1.32. The van der Waals surface area contributed by atoms with Gasteiger partial charge in [0.1, 0.15) is 0 Å². The Bertz CT molecular complexity index is 215. The average Bonchev–Trinajstić information content (AvgIpc) is 2.03. The summed E-state index contributed by atoms with van der Waals surface area (Å²) < 4.78 is 0. The summed E-state index contributed by atoms with van der Waals surface area (Å²) >= 11 is 0. The molecule has 1 amide bonds. The van der Waals surface area contributed by atoms with Crippen LogP contribution in [0.25, 0.3) is 0 Å². The van der Waals surface area contributed by atoms with E-state index in [9.17, 15) is 9.59 Å². The molecule has 1 rings (SSSR count). The van der Waals surface area contributed by atoms with Crippen molar-refractivity contribution in [3.05, 3.63) is 0 Å². The van der Waals surface area contributed by atoms with Crippen molar-refractivity contribution >= 4 is 11.9 Å². The van der Waals surface area contributed by atoms with Gasteiger partial charge in [-0.05, 0) is 12.8 Å². The maximum Gasteiger partial charge on any atom is 0.308 e. The van der Waals surface area contributed by atoms with Gasteiger partial charge in [-0.15, -0.1) is 0 Å². The molecule has 13 heavy (non-hydrogen) atoms. The fourth-order valence-corrected chi connectivity index (χ4v) is 1.86. The summed E-state index contributed by atoms with van der Waals surface area (Å²) in [7, 11) is 0. The number of hydrogen-bond acceptors (Lipinski definition) is 2. The van der Waals surface area contributed by atoms with Crippen molar-refractivity contribution in [3.63, 3.8) is 0 Å². The van der Waals surface area contributed by atoms with Gasteiger partial charge < -0.3 is 10.4 Å². The number of hydrogen-bond donors (Lipinski definition) is 2. The van der Waals surface area contributed by atoms with Gasteiger partial charge in [-0.3, -0.25) is 9.59 Å². The Morgan fingerprint density at radius 2 is 1.92 bits per heavy atom.